The number of benzene rings is 1. The van der Waals surface area contributed by atoms with Gasteiger partial charge in [-0.25, -0.2) is 0 Å². The Hall–Kier alpha value is -0.840. The van der Waals surface area contributed by atoms with Gasteiger partial charge in [0.05, 0.1) is 16.4 Å². The number of halogens is 2. The van der Waals surface area contributed by atoms with Gasteiger partial charge in [0.15, 0.2) is 0 Å². The number of aryl methyl sites for hydroxylation is 1. The average Bonchev–Trinajstić information content (AvgIpc) is 2.62. The van der Waals surface area contributed by atoms with Crippen molar-refractivity contribution in [3.05, 3.63) is 51.2 Å². The SMILES string of the molecule is Cn1ncc(Br)c1C(O)Cc1ccccc1Cl. The van der Waals surface area contributed by atoms with Crippen LogP contribution in [0.2, 0.25) is 5.02 Å². The lowest BCUT2D eigenvalue weighted by atomic mass is 10.1. The highest BCUT2D eigenvalue weighted by molar-refractivity contribution is 9.10. The maximum absolute atomic E-state index is 10.2. The number of hydrogen-bond acceptors (Lipinski definition) is 2. The Balaban J connectivity index is 2.23. The molecule has 2 rings (SSSR count). The van der Waals surface area contributed by atoms with Gasteiger partial charge in [0.25, 0.3) is 0 Å². The third-order valence-electron chi connectivity index (χ3n) is 2.62. The summed E-state index contributed by atoms with van der Waals surface area (Å²) in [6, 6.07) is 7.52. The standard InChI is InChI=1S/C12H12BrClN2O/c1-16-12(9(13)7-15-16)11(17)6-8-4-2-3-5-10(8)14/h2-5,7,11,17H,6H2,1H3. The molecule has 17 heavy (non-hydrogen) atoms. The molecule has 2 aromatic rings. The van der Waals surface area contributed by atoms with E-state index in [1.54, 1.807) is 17.9 Å². The van der Waals surface area contributed by atoms with Crippen LogP contribution in [0.15, 0.2) is 34.9 Å². The summed E-state index contributed by atoms with van der Waals surface area (Å²) in [5, 5.41) is 14.9. The van der Waals surface area contributed by atoms with Gasteiger partial charge in [-0.15, -0.1) is 0 Å². The fraction of sp³-hybridized carbons (Fsp3) is 0.250. The predicted octanol–water partition coefficient (Wildman–Crippen LogP) is 3.11. The van der Waals surface area contributed by atoms with Gasteiger partial charge in [-0.3, -0.25) is 4.68 Å². The van der Waals surface area contributed by atoms with E-state index in [-0.39, 0.29) is 0 Å². The van der Waals surface area contributed by atoms with Crippen LogP contribution in [-0.4, -0.2) is 14.9 Å². The third kappa shape index (κ3) is 2.70. The molecular weight excluding hydrogens is 304 g/mol. The van der Waals surface area contributed by atoms with E-state index in [4.69, 9.17) is 11.6 Å². The van der Waals surface area contributed by atoms with Gasteiger partial charge in [-0.1, -0.05) is 29.8 Å². The van der Waals surface area contributed by atoms with Gasteiger partial charge in [0.2, 0.25) is 0 Å². The number of rotatable bonds is 3. The molecule has 90 valence electrons. The van der Waals surface area contributed by atoms with Crippen molar-refractivity contribution in [2.24, 2.45) is 7.05 Å². The maximum Gasteiger partial charge on any atom is 0.101 e. The molecule has 1 N–H and O–H groups in total. The van der Waals surface area contributed by atoms with Crippen molar-refractivity contribution in [2.45, 2.75) is 12.5 Å². The van der Waals surface area contributed by atoms with Crippen molar-refractivity contribution < 1.29 is 5.11 Å². The Morgan fingerprint density at radius 3 is 2.76 bits per heavy atom. The highest BCUT2D eigenvalue weighted by Gasteiger charge is 2.17. The second-order valence-electron chi connectivity index (χ2n) is 3.81. The summed E-state index contributed by atoms with van der Waals surface area (Å²) in [7, 11) is 1.80. The van der Waals surface area contributed by atoms with Gasteiger partial charge >= 0.3 is 0 Å². The monoisotopic (exact) mass is 314 g/mol. The van der Waals surface area contributed by atoms with Crippen LogP contribution in [-0.2, 0) is 13.5 Å². The molecule has 3 nitrogen and oxygen atoms in total. The van der Waals surface area contributed by atoms with Crippen molar-refractivity contribution in [2.75, 3.05) is 0 Å². The molecule has 0 saturated heterocycles. The van der Waals surface area contributed by atoms with E-state index < -0.39 is 6.10 Å². The van der Waals surface area contributed by atoms with E-state index in [2.05, 4.69) is 21.0 Å². The molecule has 0 radical (unpaired) electrons. The quantitative estimate of drug-likeness (QED) is 0.945. The fourth-order valence-corrected chi connectivity index (χ4v) is 2.59. The third-order valence-corrected chi connectivity index (χ3v) is 3.60. The average molecular weight is 316 g/mol. The number of hydrogen-bond donors (Lipinski definition) is 1. The minimum atomic E-state index is -0.628. The molecule has 0 aliphatic heterocycles. The summed E-state index contributed by atoms with van der Waals surface area (Å²) in [5.41, 5.74) is 1.68. The van der Waals surface area contributed by atoms with Crippen LogP contribution in [0.3, 0.4) is 0 Å². The lowest BCUT2D eigenvalue weighted by molar-refractivity contribution is 0.168. The van der Waals surface area contributed by atoms with Crippen molar-refractivity contribution in [1.29, 1.82) is 0 Å². The van der Waals surface area contributed by atoms with Crippen molar-refractivity contribution in [1.82, 2.24) is 9.78 Å². The van der Waals surface area contributed by atoms with E-state index in [0.717, 1.165) is 15.7 Å². The predicted molar refractivity (Wildman–Crippen MR) is 71.0 cm³/mol. The zero-order valence-corrected chi connectivity index (χ0v) is 11.6. The molecule has 1 atom stereocenters. The van der Waals surface area contributed by atoms with Gasteiger partial charge in [0.1, 0.15) is 6.10 Å². The summed E-state index contributed by atoms with van der Waals surface area (Å²) in [6.07, 6.45) is 1.51. The molecule has 0 aliphatic carbocycles. The second-order valence-corrected chi connectivity index (χ2v) is 5.07. The van der Waals surface area contributed by atoms with Crippen LogP contribution in [0, 0.1) is 0 Å². The fourth-order valence-electron chi connectivity index (χ4n) is 1.76. The molecule has 0 saturated carbocycles. The highest BCUT2D eigenvalue weighted by Crippen LogP contribution is 2.27. The first kappa shape index (κ1) is 12.6. The number of nitrogens with zero attached hydrogens (tertiary/aromatic N) is 2. The minimum absolute atomic E-state index is 0.470. The lowest BCUT2D eigenvalue weighted by Gasteiger charge is -2.13. The Kier molecular flexibility index (Phi) is 3.86. The number of aromatic nitrogens is 2. The summed E-state index contributed by atoms with van der Waals surface area (Å²) in [4.78, 5) is 0. The minimum Gasteiger partial charge on any atom is -0.386 e. The molecule has 0 aliphatic rings. The zero-order valence-electron chi connectivity index (χ0n) is 9.27. The van der Waals surface area contributed by atoms with E-state index in [1.165, 1.54) is 0 Å². The van der Waals surface area contributed by atoms with Crippen LogP contribution in [0.4, 0.5) is 0 Å². The van der Waals surface area contributed by atoms with Crippen LogP contribution in [0.5, 0.6) is 0 Å². The first-order valence-electron chi connectivity index (χ1n) is 5.18. The summed E-state index contributed by atoms with van der Waals surface area (Å²) >= 11 is 9.44. The van der Waals surface area contributed by atoms with Gasteiger partial charge < -0.3 is 5.11 Å². The van der Waals surface area contributed by atoms with Gasteiger partial charge in [-0.05, 0) is 27.6 Å². The Labute approximate surface area is 113 Å². The molecule has 1 aromatic carbocycles. The molecule has 1 unspecified atom stereocenters. The lowest BCUT2D eigenvalue weighted by Crippen LogP contribution is -2.08. The van der Waals surface area contributed by atoms with E-state index in [1.807, 2.05) is 24.3 Å². The topological polar surface area (TPSA) is 38.0 Å². The van der Waals surface area contributed by atoms with Crippen LogP contribution >= 0.6 is 27.5 Å². The molecular formula is C12H12BrClN2O. The first-order chi connectivity index (χ1) is 8.09. The summed E-state index contributed by atoms with van der Waals surface area (Å²) in [5.74, 6) is 0. The Morgan fingerprint density at radius 1 is 1.47 bits per heavy atom. The highest BCUT2D eigenvalue weighted by atomic mass is 79.9. The normalized spacial score (nSPS) is 12.7. The Morgan fingerprint density at radius 2 is 2.18 bits per heavy atom. The van der Waals surface area contributed by atoms with E-state index >= 15 is 0 Å². The molecule has 0 spiro atoms. The number of aliphatic hydroxyl groups is 1. The summed E-state index contributed by atoms with van der Waals surface area (Å²) < 4.78 is 2.46. The van der Waals surface area contributed by atoms with Gasteiger partial charge in [0, 0.05) is 18.5 Å². The van der Waals surface area contributed by atoms with Crippen molar-refractivity contribution >= 4 is 27.5 Å². The second kappa shape index (κ2) is 5.21. The smallest absolute Gasteiger partial charge is 0.101 e. The van der Waals surface area contributed by atoms with E-state index in [0.29, 0.717) is 11.4 Å². The zero-order chi connectivity index (χ0) is 12.4. The largest absolute Gasteiger partial charge is 0.386 e. The van der Waals surface area contributed by atoms with Crippen LogP contribution in [0.25, 0.3) is 0 Å². The van der Waals surface area contributed by atoms with Crippen molar-refractivity contribution in [3.63, 3.8) is 0 Å². The molecule has 0 fully saturated rings. The number of aliphatic hydroxyl groups excluding tert-OH is 1. The van der Waals surface area contributed by atoms with Crippen molar-refractivity contribution in [3.8, 4) is 0 Å². The van der Waals surface area contributed by atoms with Crippen LogP contribution < -0.4 is 0 Å². The first-order valence-corrected chi connectivity index (χ1v) is 6.35. The Bertz CT molecular complexity index is 507. The summed E-state index contributed by atoms with van der Waals surface area (Å²) in [6.45, 7) is 0. The van der Waals surface area contributed by atoms with Gasteiger partial charge in [-0.2, -0.15) is 5.10 Å². The molecule has 0 amide bonds. The molecule has 1 aromatic heterocycles. The maximum atomic E-state index is 10.2. The van der Waals surface area contributed by atoms with Crippen LogP contribution in [0.1, 0.15) is 17.4 Å². The molecule has 1 heterocycles. The molecule has 0 bridgehead atoms. The van der Waals surface area contributed by atoms with E-state index in [9.17, 15) is 5.11 Å². The molecule has 5 heteroatoms.